The summed E-state index contributed by atoms with van der Waals surface area (Å²) in [4.78, 5) is 35.5. The molecule has 8 nitrogen and oxygen atoms in total. The highest BCUT2D eigenvalue weighted by Gasteiger charge is 2.31. The molecular weight excluding hydrogens is 1150 g/mol. The first-order valence-electron chi connectivity index (χ1n) is 31.8. The summed E-state index contributed by atoms with van der Waals surface area (Å²) >= 11 is 0. The number of anilines is 6. The van der Waals surface area contributed by atoms with Crippen LogP contribution in [0.4, 0.5) is 34.1 Å². The molecule has 0 saturated carbocycles. The second kappa shape index (κ2) is 20.4. The zero-order valence-electron chi connectivity index (χ0n) is 50.4. The lowest BCUT2D eigenvalue weighted by Gasteiger charge is -2.35. The summed E-state index contributed by atoms with van der Waals surface area (Å²) in [7, 11) is 0. The highest BCUT2D eigenvalue weighted by Crippen LogP contribution is 2.56. The maximum absolute atomic E-state index is 5.59. The van der Waals surface area contributed by atoms with Crippen molar-refractivity contribution < 1.29 is 0 Å². The molecule has 0 bridgehead atoms. The number of para-hydroxylation sites is 2. The van der Waals surface area contributed by atoms with Gasteiger partial charge in [-0.05, 0) is 158 Å². The quantitative estimate of drug-likeness (QED) is 0.156. The maximum atomic E-state index is 5.59. The van der Waals surface area contributed by atoms with Gasteiger partial charge >= 0.3 is 0 Å². The van der Waals surface area contributed by atoms with Crippen molar-refractivity contribution in [3.63, 3.8) is 0 Å². The van der Waals surface area contributed by atoms with E-state index in [9.17, 15) is 0 Å². The number of rotatable bonds is 7. The van der Waals surface area contributed by atoms with Crippen LogP contribution >= 0.6 is 0 Å². The van der Waals surface area contributed by atoms with E-state index in [0.29, 0.717) is 11.6 Å². The second-order valence-corrected chi connectivity index (χ2v) is 24.6. The summed E-state index contributed by atoms with van der Waals surface area (Å²) in [6.45, 7) is 0. The van der Waals surface area contributed by atoms with Gasteiger partial charge in [0.1, 0.15) is 0 Å². The standard InChI is InChI=1S/C86H50N8/c1-3-19-65-51(12-1)32-38-68-67-22-7-14-53-15-9-25-76(78(53)67)93(83(65)68)63-35-29-56(30-36-63)85-90-75-40-34-59(49-73(75)82(92-85)71-23-8-16-54-18-11-43-88-80(54)71)62-47-60-17-10-26-77-79(60)72(50-62)69-39-33-52-13-2-4-20-66(52)84(69)94(77)64-37-31-57-46-61(28-27-58(57)48-64)86-89-74-24-6-5-21-70(74)81(91-86)55-41-44-87-45-42-55/h1-50H. The molecule has 0 N–H and O–H groups in total. The molecule has 0 saturated heterocycles. The lowest BCUT2D eigenvalue weighted by atomic mass is 9.86. The second-order valence-electron chi connectivity index (χ2n) is 24.6. The van der Waals surface area contributed by atoms with Gasteiger partial charge in [0.25, 0.3) is 0 Å². The molecule has 14 aromatic carbocycles. The van der Waals surface area contributed by atoms with Crippen molar-refractivity contribution in [3.8, 4) is 78.7 Å². The van der Waals surface area contributed by atoms with Crippen LogP contribution in [-0.4, -0.2) is 29.9 Å². The molecule has 0 spiro atoms. The van der Waals surface area contributed by atoms with E-state index in [-0.39, 0.29) is 0 Å². The fourth-order valence-electron chi connectivity index (χ4n) is 15.1. The SMILES string of the molecule is c1ccc2c3c(ccc2c1)-c1cccc2cccc(c12)N3c1ccc(-c2nc(-c3cccc4cccnc34)c3cc(-c4cc5c6c(cccc6c4)N(c4ccc6cc(-c7nc(-c8ccncc8)c8ccccc8n7)ccc6c4)c4c-5ccc5ccccc45)ccc3n2)cc1. The van der Waals surface area contributed by atoms with Gasteiger partial charge in [0.05, 0.1) is 50.7 Å². The molecule has 0 atom stereocenters. The van der Waals surface area contributed by atoms with Crippen molar-refractivity contribution in [2.24, 2.45) is 0 Å². The minimum atomic E-state index is 0.644. The van der Waals surface area contributed by atoms with Crippen LogP contribution in [0.2, 0.25) is 0 Å². The average Bonchev–Trinajstić information content (AvgIpc) is 0.720. The van der Waals surface area contributed by atoms with Gasteiger partial charge in [-0.2, -0.15) is 0 Å². The molecule has 434 valence electrons. The third-order valence-corrected chi connectivity index (χ3v) is 19.3. The predicted molar refractivity (Wildman–Crippen MR) is 388 cm³/mol. The monoisotopic (exact) mass is 1190 g/mol. The predicted octanol–water partition coefficient (Wildman–Crippen LogP) is 22.5. The molecule has 0 radical (unpaired) electrons. The number of hydrogen-bond acceptors (Lipinski definition) is 8. The summed E-state index contributed by atoms with van der Waals surface area (Å²) in [5.41, 5.74) is 21.9. The first-order valence-corrected chi connectivity index (χ1v) is 31.8. The Kier molecular flexibility index (Phi) is 11.3. The van der Waals surface area contributed by atoms with Crippen LogP contribution in [-0.2, 0) is 0 Å². The fraction of sp³-hybridized carbons (Fsp3) is 0. The summed E-state index contributed by atoms with van der Waals surface area (Å²) in [5, 5.41) is 14.8. The minimum Gasteiger partial charge on any atom is -0.309 e. The Balaban J connectivity index is 0.709. The third-order valence-electron chi connectivity index (χ3n) is 19.3. The van der Waals surface area contributed by atoms with Gasteiger partial charge in [-0.15, -0.1) is 0 Å². The van der Waals surface area contributed by atoms with Crippen molar-refractivity contribution in [3.05, 3.63) is 304 Å². The van der Waals surface area contributed by atoms with E-state index >= 15 is 0 Å². The van der Waals surface area contributed by atoms with E-state index in [1.54, 1.807) is 0 Å². The molecule has 4 aromatic heterocycles. The molecule has 2 aliphatic heterocycles. The first-order chi connectivity index (χ1) is 46.6. The Bertz CT molecular complexity index is 6250. The topological polar surface area (TPSA) is 83.8 Å². The number of pyridine rings is 2. The number of nitrogens with zero attached hydrogens (tertiary/aromatic N) is 8. The van der Waals surface area contributed by atoms with Crippen LogP contribution in [0.25, 0.3) is 165 Å². The van der Waals surface area contributed by atoms with E-state index in [1.165, 1.54) is 65.6 Å². The molecular formula is C86H50N8. The van der Waals surface area contributed by atoms with Crippen molar-refractivity contribution in [2.45, 2.75) is 0 Å². The Morgan fingerprint density at radius 3 is 1.60 bits per heavy atom. The highest BCUT2D eigenvalue weighted by atomic mass is 15.2. The van der Waals surface area contributed by atoms with Crippen molar-refractivity contribution in [2.75, 3.05) is 9.80 Å². The van der Waals surface area contributed by atoms with E-state index < -0.39 is 0 Å². The third kappa shape index (κ3) is 8.00. The lowest BCUT2D eigenvalue weighted by Crippen LogP contribution is -2.15. The number of benzene rings is 14. The summed E-state index contributed by atoms with van der Waals surface area (Å²) in [5.74, 6) is 1.33. The van der Waals surface area contributed by atoms with Gasteiger partial charge < -0.3 is 9.80 Å². The number of aromatic nitrogens is 6. The van der Waals surface area contributed by atoms with Crippen LogP contribution in [0.1, 0.15) is 0 Å². The Hall–Kier alpha value is -12.8. The molecule has 94 heavy (non-hydrogen) atoms. The van der Waals surface area contributed by atoms with Gasteiger partial charge in [0, 0.05) is 101 Å². The Morgan fingerprint density at radius 1 is 0.255 bits per heavy atom. The molecule has 18 aromatic rings. The van der Waals surface area contributed by atoms with Crippen LogP contribution in [0.15, 0.2) is 304 Å². The number of hydrogen-bond donors (Lipinski definition) is 0. The smallest absolute Gasteiger partial charge is 0.160 e. The molecule has 0 aliphatic carbocycles. The van der Waals surface area contributed by atoms with Crippen LogP contribution < -0.4 is 9.80 Å². The van der Waals surface area contributed by atoms with E-state index in [0.717, 1.165) is 122 Å². The first kappa shape index (κ1) is 52.0. The number of fused-ring (bicyclic) bond motifs is 12. The van der Waals surface area contributed by atoms with Crippen molar-refractivity contribution in [1.29, 1.82) is 0 Å². The van der Waals surface area contributed by atoms with Gasteiger partial charge in [-0.1, -0.05) is 182 Å². The maximum Gasteiger partial charge on any atom is 0.160 e. The average molecular weight is 1200 g/mol. The lowest BCUT2D eigenvalue weighted by molar-refractivity contribution is 1.22. The van der Waals surface area contributed by atoms with Crippen molar-refractivity contribution in [1.82, 2.24) is 29.9 Å². The molecule has 6 heterocycles. The van der Waals surface area contributed by atoms with Gasteiger partial charge in [0.2, 0.25) is 0 Å². The zero-order valence-corrected chi connectivity index (χ0v) is 50.4. The molecule has 2 aliphatic rings. The Labute approximate surface area is 539 Å². The summed E-state index contributed by atoms with van der Waals surface area (Å²) < 4.78 is 0. The van der Waals surface area contributed by atoms with E-state index in [4.69, 9.17) is 24.9 Å². The Morgan fingerprint density at radius 2 is 0.809 bits per heavy atom. The largest absolute Gasteiger partial charge is 0.309 e. The normalized spacial score (nSPS) is 12.4. The van der Waals surface area contributed by atoms with Crippen LogP contribution in [0.3, 0.4) is 0 Å². The summed E-state index contributed by atoms with van der Waals surface area (Å²) in [6, 6.07) is 103. The van der Waals surface area contributed by atoms with Crippen molar-refractivity contribution >= 4 is 121 Å². The van der Waals surface area contributed by atoms with Gasteiger partial charge in [0.15, 0.2) is 11.6 Å². The molecule has 0 amide bonds. The molecule has 8 heteroatoms. The van der Waals surface area contributed by atoms with Crippen LogP contribution in [0, 0.1) is 0 Å². The van der Waals surface area contributed by atoms with E-state index in [1.807, 2.05) is 48.9 Å². The van der Waals surface area contributed by atoms with Crippen LogP contribution in [0.5, 0.6) is 0 Å². The van der Waals surface area contributed by atoms with E-state index in [2.05, 4.69) is 270 Å². The van der Waals surface area contributed by atoms with Gasteiger partial charge in [-0.25, -0.2) is 19.9 Å². The molecule has 20 rings (SSSR count). The fourth-order valence-corrected chi connectivity index (χ4v) is 15.1. The van der Waals surface area contributed by atoms with Gasteiger partial charge in [-0.3, -0.25) is 9.97 Å². The minimum absolute atomic E-state index is 0.644. The molecule has 0 unspecified atom stereocenters. The summed E-state index contributed by atoms with van der Waals surface area (Å²) in [6.07, 6.45) is 5.50. The highest BCUT2D eigenvalue weighted by molar-refractivity contribution is 6.21. The zero-order chi connectivity index (χ0) is 61.5. The molecule has 0 fully saturated rings.